The number of rotatable bonds is 5. The normalized spacial score (nSPS) is 14.6. The second-order valence-electron chi connectivity index (χ2n) is 6.74. The highest BCUT2D eigenvalue weighted by Crippen LogP contribution is 2.16. The molecule has 0 radical (unpaired) electrons. The Morgan fingerprint density at radius 1 is 1.11 bits per heavy atom. The molecule has 0 aliphatic carbocycles. The number of esters is 1. The molecule has 2 aromatic rings. The van der Waals surface area contributed by atoms with Crippen molar-refractivity contribution < 1.29 is 14.3 Å². The number of aromatic nitrogens is 2. The summed E-state index contributed by atoms with van der Waals surface area (Å²) >= 11 is 0. The van der Waals surface area contributed by atoms with E-state index in [0.717, 1.165) is 18.8 Å². The third-order valence-electron chi connectivity index (χ3n) is 4.52. The van der Waals surface area contributed by atoms with E-state index in [1.165, 1.54) is 0 Å². The van der Waals surface area contributed by atoms with Crippen molar-refractivity contribution in [2.24, 2.45) is 0 Å². The third kappa shape index (κ3) is 4.83. The van der Waals surface area contributed by atoms with E-state index in [4.69, 9.17) is 4.74 Å². The van der Waals surface area contributed by atoms with Gasteiger partial charge in [-0.15, -0.1) is 0 Å². The second-order valence-corrected chi connectivity index (χ2v) is 6.74. The molecule has 28 heavy (non-hydrogen) atoms. The minimum Gasteiger partial charge on any atom is -0.462 e. The van der Waals surface area contributed by atoms with E-state index < -0.39 is 0 Å². The van der Waals surface area contributed by atoms with Crippen LogP contribution in [0.25, 0.3) is 0 Å². The first-order chi connectivity index (χ1) is 13.5. The monoisotopic (exact) mass is 383 g/mol. The first kappa shape index (κ1) is 19.8. The van der Waals surface area contributed by atoms with Crippen LogP contribution in [0.1, 0.15) is 33.5 Å². The maximum Gasteiger partial charge on any atom is 0.338 e. The number of benzene rings is 1. The van der Waals surface area contributed by atoms with E-state index in [0.29, 0.717) is 42.6 Å². The lowest BCUT2D eigenvalue weighted by atomic mass is 10.2. The minimum atomic E-state index is -0.360. The van der Waals surface area contributed by atoms with E-state index in [-0.39, 0.29) is 11.9 Å². The maximum absolute atomic E-state index is 12.8. The number of hydrogen-bond acceptors (Lipinski definition) is 7. The zero-order valence-corrected chi connectivity index (χ0v) is 16.4. The van der Waals surface area contributed by atoms with E-state index in [9.17, 15) is 9.59 Å². The largest absolute Gasteiger partial charge is 0.462 e. The van der Waals surface area contributed by atoms with E-state index >= 15 is 0 Å². The van der Waals surface area contributed by atoms with Gasteiger partial charge in [0.05, 0.1) is 12.2 Å². The van der Waals surface area contributed by atoms with Crippen molar-refractivity contribution >= 4 is 23.5 Å². The molecule has 1 aliphatic rings. The van der Waals surface area contributed by atoms with Gasteiger partial charge in [-0.3, -0.25) is 4.79 Å². The van der Waals surface area contributed by atoms with Crippen molar-refractivity contribution in [1.82, 2.24) is 19.8 Å². The zero-order chi connectivity index (χ0) is 20.1. The Bertz CT molecular complexity index is 845. The Morgan fingerprint density at radius 3 is 2.43 bits per heavy atom. The second kappa shape index (κ2) is 8.79. The molecule has 1 N–H and O–H groups in total. The molecule has 0 bridgehead atoms. The molecule has 1 aromatic heterocycles. The van der Waals surface area contributed by atoms with Gasteiger partial charge < -0.3 is 19.9 Å². The Balaban J connectivity index is 1.72. The molecule has 0 atom stereocenters. The quantitative estimate of drug-likeness (QED) is 0.791. The molecule has 1 fully saturated rings. The lowest BCUT2D eigenvalue weighted by Gasteiger charge is -2.32. The van der Waals surface area contributed by atoms with Gasteiger partial charge >= 0.3 is 5.97 Å². The van der Waals surface area contributed by atoms with Gasteiger partial charge in [-0.1, -0.05) is 0 Å². The van der Waals surface area contributed by atoms with Gasteiger partial charge in [0.2, 0.25) is 5.95 Å². The fourth-order valence-electron chi connectivity index (χ4n) is 2.94. The number of hydrogen-bond donors (Lipinski definition) is 1. The Labute approximate surface area is 164 Å². The van der Waals surface area contributed by atoms with Crippen molar-refractivity contribution in [3.05, 3.63) is 47.3 Å². The van der Waals surface area contributed by atoms with Gasteiger partial charge in [-0.25, -0.2) is 14.8 Å². The smallest absolute Gasteiger partial charge is 0.338 e. The van der Waals surface area contributed by atoms with Crippen LogP contribution in [0.2, 0.25) is 0 Å². The summed E-state index contributed by atoms with van der Waals surface area (Å²) in [6, 6.07) is 8.55. The highest BCUT2D eigenvalue weighted by molar-refractivity contribution is 5.93. The highest BCUT2D eigenvalue weighted by Gasteiger charge is 2.22. The van der Waals surface area contributed by atoms with Crippen molar-refractivity contribution in [3.8, 4) is 0 Å². The number of nitrogens with one attached hydrogen (secondary N) is 1. The molecule has 0 unspecified atom stereocenters. The molecule has 1 aliphatic heterocycles. The molecule has 1 saturated heterocycles. The molecule has 8 heteroatoms. The average Bonchev–Trinajstić information content (AvgIpc) is 2.68. The molecular weight excluding hydrogens is 358 g/mol. The lowest BCUT2D eigenvalue weighted by Crippen LogP contribution is -2.47. The van der Waals surface area contributed by atoms with Crippen LogP contribution in [-0.4, -0.2) is 71.5 Å². The molecule has 0 saturated carbocycles. The van der Waals surface area contributed by atoms with Gasteiger partial charge in [0.15, 0.2) is 0 Å². The summed E-state index contributed by atoms with van der Waals surface area (Å²) in [5, 5.41) is 3.09. The average molecular weight is 383 g/mol. The predicted molar refractivity (Wildman–Crippen MR) is 106 cm³/mol. The lowest BCUT2D eigenvalue weighted by molar-refractivity contribution is 0.0526. The summed E-state index contributed by atoms with van der Waals surface area (Å²) in [7, 11) is 2.05. The van der Waals surface area contributed by atoms with E-state index in [2.05, 4.69) is 20.2 Å². The van der Waals surface area contributed by atoms with E-state index in [1.807, 2.05) is 18.9 Å². The Morgan fingerprint density at radius 2 is 1.79 bits per heavy atom. The van der Waals surface area contributed by atoms with Crippen LogP contribution in [0.3, 0.4) is 0 Å². The Kier molecular flexibility index (Phi) is 6.20. The number of amides is 1. The molecule has 2 heterocycles. The number of piperazine rings is 1. The molecule has 3 rings (SSSR count). The van der Waals surface area contributed by atoms with Gasteiger partial charge in [-0.05, 0) is 51.2 Å². The number of carbonyl (C=O) groups excluding carboxylic acids is 2. The molecule has 8 nitrogen and oxygen atoms in total. The number of aryl methyl sites for hydroxylation is 1. The summed E-state index contributed by atoms with van der Waals surface area (Å²) in [4.78, 5) is 37.3. The van der Waals surface area contributed by atoms with Gasteiger partial charge in [0.25, 0.3) is 5.91 Å². The van der Waals surface area contributed by atoms with Crippen LogP contribution < -0.4 is 5.32 Å². The number of ether oxygens (including phenoxy) is 1. The number of nitrogens with zero attached hydrogens (tertiary/aromatic N) is 4. The molecule has 1 aromatic carbocycles. The first-order valence-corrected chi connectivity index (χ1v) is 9.34. The van der Waals surface area contributed by atoms with Crippen molar-refractivity contribution in [1.29, 1.82) is 0 Å². The summed E-state index contributed by atoms with van der Waals surface area (Å²) in [6.45, 7) is 7.02. The maximum atomic E-state index is 12.8. The topological polar surface area (TPSA) is 87.7 Å². The fraction of sp³-hybridized carbons (Fsp3) is 0.400. The number of carbonyl (C=O) groups is 2. The van der Waals surface area contributed by atoms with Crippen LogP contribution in [0.4, 0.5) is 11.6 Å². The number of anilines is 2. The van der Waals surface area contributed by atoms with Crippen LogP contribution in [-0.2, 0) is 4.74 Å². The SMILES string of the molecule is CCOC(=O)c1ccc(Nc2nc(C)cc(C(=O)N3CCN(C)CC3)n2)cc1. The van der Waals surface area contributed by atoms with Crippen molar-refractivity contribution in [2.45, 2.75) is 13.8 Å². The summed E-state index contributed by atoms with van der Waals surface area (Å²) in [5.74, 6) is -0.0958. The fourth-order valence-corrected chi connectivity index (χ4v) is 2.94. The first-order valence-electron chi connectivity index (χ1n) is 9.34. The minimum absolute atomic E-state index is 0.0840. The number of likely N-dealkylation sites (N-methyl/N-ethyl adjacent to an activating group) is 1. The molecular formula is C20H25N5O3. The highest BCUT2D eigenvalue weighted by atomic mass is 16.5. The summed E-state index contributed by atoms with van der Waals surface area (Å²) in [5.41, 5.74) is 2.28. The summed E-state index contributed by atoms with van der Waals surface area (Å²) in [6.07, 6.45) is 0. The molecule has 0 spiro atoms. The van der Waals surface area contributed by atoms with Crippen LogP contribution in [0, 0.1) is 6.92 Å². The predicted octanol–water partition coefficient (Wildman–Crippen LogP) is 2.09. The Hall–Kier alpha value is -3.00. The van der Waals surface area contributed by atoms with Crippen molar-refractivity contribution in [2.75, 3.05) is 45.2 Å². The van der Waals surface area contributed by atoms with Crippen LogP contribution in [0.15, 0.2) is 30.3 Å². The zero-order valence-electron chi connectivity index (χ0n) is 16.4. The van der Waals surface area contributed by atoms with Crippen molar-refractivity contribution in [3.63, 3.8) is 0 Å². The summed E-state index contributed by atoms with van der Waals surface area (Å²) < 4.78 is 4.98. The van der Waals surface area contributed by atoms with Gasteiger partial charge in [-0.2, -0.15) is 0 Å². The van der Waals surface area contributed by atoms with Crippen LogP contribution >= 0.6 is 0 Å². The standard InChI is InChI=1S/C20H25N5O3/c1-4-28-19(27)15-5-7-16(8-6-15)22-20-21-14(2)13-17(23-20)18(26)25-11-9-24(3)10-12-25/h5-8,13H,4,9-12H2,1-3H3,(H,21,22,23). The third-order valence-corrected chi connectivity index (χ3v) is 4.52. The van der Waals surface area contributed by atoms with Gasteiger partial charge in [0.1, 0.15) is 5.69 Å². The van der Waals surface area contributed by atoms with Crippen LogP contribution in [0.5, 0.6) is 0 Å². The van der Waals surface area contributed by atoms with Gasteiger partial charge in [0, 0.05) is 37.6 Å². The molecule has 1 amide bonds. The van der Waals surface area contributed by atoms with E-state index in [1.54, 1.807) is 37.3 Å². The molecule has 148 valence electrons.